The largest absolute Gasteiger partial charge is 0.455 e. The van der Waals surface area contributed by atoms with E-state index < -0.39 is 10.0 Å². The van der Waals surface area contributed by atoms with Crippen LogP contribution in [0.1, 0.15) is 16.1 Å². The molecular formula is C22H17N3O4S. The van der Waals surface area contributed by atoms with Crippen molar-refractivity contribution in [1.82, 2.24) is 5.43 Å². The lowest BCUT2D eigenvalue weighted by Gasteiger charge is -2.04. The molecule has 3 aromatic carbocycles. The van der Waals surface area contributed by atoms with Gasteiger partial charge in [-0.2, -0.15) is 5.10 Å². The van der Waals surface area contributed by atoms with Crippen molar-refractivity contribution in [3.63, 3.8) is 0 Å². The molecule has 0 bridgehead atoms. The number of furan rings is 1. The zero-order chi connectivity index (χ0) is 21.1. The van der Waals surface area contributed by atoms with Gasteiger partial charge in [-0.3, -0.25) is 4.79 Å². The van der Waals surface area contributed by atoms with E-state index in [1.165, 1.54) is 18.3 Å². The first kappa shape index (κ1) is 19.6. The van der Waals surface area contributed by atoms with Gasteiger partial charge >= 0.3 is 0 Å². The molecule has 0 atom stereocenters. The first-order valence-electron chi connectivity index (χ1n) is 8.96. The Labute approximate surface area is 172 Å². The number of nitrogens with zero attached hydrogens (tertiary/aromatic N) is 1. The fraction of sp³-hybridized carbons (Fsp3) is 0. The van der Waals surface area contributed by atoms with Crippen molar-refractivity contribution in [2.45, 2.75) is 4.90 Å². The smallest absolute Gasteiger partial charge is 0.271 e. The highest BCUT2D eigenvalue weighted by Crippen LogP contribution is 2.23. The number of amides is 1. The average Bonchev–Trinajstić information content (AvgIpc) is 3.21. The quantitative estimate of drug-likeness (QED) is 0.380. The third kappa shape index (κ3) is 4.14. The molecule has 30 heavy (non-hydrogen) atoms. The van der Waals surface area contributed by atoms with Crippen molar-refractivity contribution in [3.05, 3.63) is 90.2 Å². The fourth-order valence-electron chi connectivity index (χ4n) is 3.02. The van der Waals surface area contributed by atoms with E-state index >= 15 is 0 Å². The number of primary sulfonamides is 1. The third-order valence-corrected chi connectivity index (χ3v) is 5.42. The SMILES string of the molecule is NS(=O)(=O)c1ccc(-c2ccc(/C=N\NC(=O)c3cccc4ccccc34)o2)cc1. The van der Waals surface area contributed by atoms with Gasteiger partial charge in [0, 0.05) is 11.1 Å². The number of rotatable bonds is 5. The average molecular weight is 419 g/mol. The Morgan fingerprint density at radius 3 is 2.43 bits per heavy atom. The van der Waals surface area contributed by atoms with Gasteiger partial charge in [0.15, 0.2) is 0 Å². The summed E-state index contributed by atoms with van der Waals surface area (Å²) in [6.07, 6.45) is 1.39. The standard InChI is InChI=1S/C22H17N3O4S/c23-30(27,28)18-11-8-16(9-12-18)21-13-10-17(29-21)14-24-25-22(26)20-7-3-5-15-4-1-2-6-19(15)20/h1-14H,(H,25,26)(H2,23,27,28)/b24-14-. The third-order valence-electron chi connectivity index (χ3n) is 4.49. The Balaban J connectivity index is 1.46. The number of carbonyl (C=O) groups excluding carboxylic acids is 1. The van der Waals surface area contributed by atoms with Crippen molar-refractivity contribution in [2.75, 3.05) is 0 Å². The van der Waals surface area contributed by atoms with Crippen molar-refractivity contribution in [1.29, 1.82) is 0 Å². The van der Waals surface area contributed by atoms with Crippen LogP contribution in [0.3, 0.4) is 0 Å². The number of benzene rings is 3. The molecule has 1 heterocycles. The number of nitrogens with two attached hydrogens (primary N) is 1. The van der Waals surface area contributed by atoms with Crippen LogP contribution in [-0.2, 0) is 10.0 Å². The lowest BCUT2D eigenvalue weighted by atomic mass is 10.0. The van der Waals surface area contributed by atoms with Crippen LogP contribution in [0.5, 0.6) is 0 Å². The van der Waals surface area contributed by atoms with Crippen LogP contribution in [-0.4, -0.2) is 20.5 Å². The normalized spacial score (nSPS) is 11.8. The van der Waals surface area contributed by atoms with Crippen LogP contribution in [0.25, 0.3) is 22.1 Å². The van der Waals surface area contributed by atoms with Gasteiger partial charge in [0.05, 0.1) is 11.1 Å². The maximum absolute atomic E-state index is 12.5. The zero-order valence-corrected chi connectivity index (χ0v) is 16.5. The fourth-order valence-corrected chi connectivity index (χ4v) is 3.54. The summed E-state index contributed by atoms with van der Waals surface area (Å²) in [4.78, 5) is 12.5. The van der Waals surface area contributed by atoms with E-state index in [0.29, 0.717) is 22.6 Å². The number of hydrazone groups is 1. The van der Waals surface area contributed by atoms with Crippen LogP contribution in [0.4, 0.5) is 0 Å². The number of hydrogen-bond donors (Lipinski definition) is 2. The molecule has 0 aliphatic carbocycles. The summed E-state index contributed by atoms with van der Waals surface area (Å²) < 4.78 is 28.3. The molecule has 4 aromatic rings. The predicted octanol–water partition coefficient (Wildman–Crippen LogP) is 3.51. The van der Waals surface area contributed by atoms with Gasteiger partial charge in [-0.15, -0.1) is 0 Å². The Morgan fingerprint density at radius 2 is 1.67 bits per heavy atom. The topological polar surface area (TPSA) is 115 Å². The molecule has 0 spiro atoms. The van der Waals surface area contributed by atoms with Crippen LogP contribution in [0.15, 0.2) is 93.3 Å². The molecule has 7 nitrogen and oxygen atoms in total. The van der Waals surface area contributed by atoms with E-state index in [0.717, 1.165) is 10.8 Å². The van der Waals surface area contributed by atoms with Crippen LogP contribution in [0.2, 0.25) is 0 Å². The van der Waals surface area contributed by atoms with E-state index in [4.69, 9.17) is 9.56 Å². The molecule has 8 heteroatoms. The van der Waals surface area contributed by atoms with E-state index in [9.17, 15) is 13.2 Å². The Kier molecular flexibility index (Phi) is 5.18. The van der Waals surface area contributed by atoms with Gasteiger partial charge in [0.1, 0.15) is 11.5 Å². The minimum atomic E-state index is -3.75. The van der Waals surface area contributed by atoms with Gasteiger partial charge in [-0.1, -0.05) is 36.4 Å². The van der Waals surface area contributed by atoms with Crippen LogP contribution < -0.4 is 10.6 Å². The molecule has 4 rings (SSSR count). The molecule has 0 fully saturated rings. The number of sulfonamides is 1. The molecule has 0 aliphatic heterocycles. The molecule has 3 N–H and O–H groups in total. The maximum Gasteiger partial charge on any atom is 0.271 e. The van der Waals surface area contributed by atoms with E-state index in [1.807, 2.05) is 36.4 Å². The molecule has 150 valence electrons. The lowest BCUT2D eigenvalue weighted by Crippen LogP contribution is -2.17. The first-order chi connectivity index (χ1) is 14.4. The minimum Gasteiger partial charge on any atom is -0.455 e. The monoisotopic (exact) mass is 419 g/mol. The van der Waals surface area contributed by atoms with Gasteiger partial charge in [-0.25, -0.2) is 19.0 Å². The van der Waals surface area contributed by atoms with Gasteiger partial charge < -0.3 is 4.42 Å². The molecule has 0 aliphatic rings. The maximum atomic E-state index is 12.5. The molecule has 1 aromatic heterocycles. The summed E-state index contributed by atoms with van der Waals surface area (Å²) in [5.74, 6) is 0.630. The van der Waals surface area contributed by atoms with Crippen molar-refractivity contribution >= 4 is 32.9 Å². The molecule has 1 amide bonds. The van der Waals surface area contributed by atoms with Crippen LogP contribution in [0, 0.1) is 0 Å². The van der Waals surface area contributed by atoms with E-state index in [2.05, 4.69) is 10.5 Å². The molecular weight excluding hydrogens is 402 g/mol. The molecule has 0 radical (unpaired) electrons. The summed E-state index contributed by atoms with van der Waals surface area (Å²) >= 11 is 0. The van der Waals surface area contributed by atoms with Gasteiger partial charge in [0.2, 0.25) is 10.0 Å². The predicted molar refractivity (Wildman–Crippen MR) is 115 cm³/mol. The van der Waals surface area contributed by atoms with E-state index in [1.54, 1.807) is 30.3 Å². The molecule has 0 unspecified atom stereocenters. The number of fused-ring (bicyclic) bond motifs is 1. The number of carbonyl (C=O) groups is 1. The summed E-state index contributed by atoms with van der Waals surface area (Å²) in [5, 5.41) is 10.9. The zero-order valence-electron chi connectivity index (χ0n) is 15.6. The minimum absolute atomic E-state index is 0.0238. The summed E-state index contributed by atoms with van der Waals surface area (Å²) in [6.45, 7) is 0. The van der Waals surface area contributed by atoms with Crippen molar-refractivity contribution in [2.24, 2.45) is 10.2 Å². The Morgan fingerprint density at radius 1 is 0.933 bits per heavy atom. The van der Waals surface area contributed by atoms with E-state index in [-0.39, 0.29) is 10.8 Å². The summed E-state index contributed by atoms with van der Waals surface area (Å²) in [7, 11) is -3.75. The number of nitrogens with one attached hydrogen (secondary N) is 1. The highest BCUT2D eigenvalue weighted by Gasteiger charge is 2.10. The molecule has 0 saturated heterocycles. The molecule has 0 saturated carbocycles. The van der Waals surface area contributed by atoms with Crippen LogP contribution >= 0.6 is 0 Å². The summed E-state index contributed by atoms with van der Waals surface area (Å²) in [6, 6.07) is 22.5. The van der Waals surface area contributed by atoms with Crippen molar-refractivity contribution in [3.8, 4) is 11.3 Å². The summed E-state index contributed by atoms with van der Waals surface area (Å²) in [5.41, 5.74) is 3.71. The highest BCUT2D eigenvalue weighted by atomic mass is 32.2. The highest BCUT2D eigenvalue weighted by molar-refractivity contribution is 7.89. The van der Waals surface area contributed by atoms with Gasteiger partial charge in [-0.05, 0) is 53.2 Å². The second-order valence-corrected chi connectivity index (χ2v) is 8.06. The second kappa shape index (κ2) is 7.94. The second-order valence-electron chi connectivity index (χ2n) is 6.50. The van der Waals surface area contributed by atoms with Gasteiger partial charge in [0.25, 0.3) is 5.91 Å². The number of hydrogen-bond acceptors (Lipinski definition) is 5. The van der Waals surface area contributed by atoms with Crippen molar-refractivity contribution < 1.29 is 17.6 Å². The lowest BCUT2D eigenvalue weighted by molar-refractivity contribution is 0.0956. The first-order valence-corrected chi connectivity index (χ1v) is 10.5. The Bertz CT molecular complexity index is 1350. The Hall–Kier alpha value is -3.75.